The van der Waals surface area contributed by atoms with Gasteiger partial charge in [-0.2, -0.15) is 0 Å². The highest BCUT2D eigenvalue weighted by Gasteiger charge is 2.45. The van der Waals surface area contributed by atoms with Crippen molar-refractivity contribution in [2.24, 2.45) is 35.5 Å². The van der Waals surface area contributed by atoms with Gasteiger partial charge in [0.25, 0.3) is 11.8 Å². The van der Waals surface area contributed by atoms with E-state index in [1.165, 1.54) is 14.2 Å². The van der Waals surface area contributed by atoms with Gasteiger partial charge in [-0.1, -0.05) is 91.3 Å². The fourth-order valence-electron chi connectivity index (χ4n) is 12.7. The van der Waals surface area contributed by atoms with Crippen LogP contribution in [-0.2, 0) is 91.7 Å². The number of piperidine rings is 1. The molecule has 0 bridgehead atoms. The van der Waals surface area contributed by atoms with Crippen LogP contribution in [0.25, 0.3) is 0 Å². The van der Waals surface area contributed by atoms with Gasteiger partial charge in [0.05, 0.1) is 60.6 Å². The number of methoxy groups -OCH3 is 2. The second kappa shape index (κ2) is 36.3. The second-order valence-electron chi connectivity index (χ2n) is 26.5. The second-order valence-corrected chi connectivity index (χ2v) is 28.5. The minimum Gasteiger partial charge on any atom is -0.484 e. The molecule has 2 aliphatic heterocycles. The van der Waals surface area contributed by atoms with E-state index in [1.54, 1.807) is 91.0 Å². The number of likely N-dealkylation sites (N-methyl/N-ethyl adjacent to an activating group) is 2. The van der Waals surface area contributed by atoms with Gasteiger partial charge in [0.2, 0.25) is 39.6 Å². The number of hydroxylamine groups is 1. The van der Waals surface area contributed by atoms with Crippen molar-refractivity contribution in [2.45, 2.75) is 200 Å². The predicted octanol–water partition coefficient (Wildman–Crippen LogP) is 4.91. The summed E-state index contributed by atoms with van der Waals surface area (Å²) in [6.45, 7) is 17.5. The summed E-state index contributed by atoms with van der Waals surface area (Å²) in [5.41, 5.74) is 4.23. The molecule has 2 saturated heterocycles. The monoisotopic (exact) mass is 1320 g/mol. The molecule has 93 heavy (non-hydrogen) atoms. The van der Waals surface area contributed by atoms with Crippen LogP contribution in [0.15, 0.2) is 48.5 Å². The third-order valence-corrected chi connectivity index (χ3v) is 20.4. The maximum Gasteiger partial charge on any atom is 0.281 e. The molecule has 2 heterocycles. The van der Waals surface area contributed by atoms with E-state index in [9.17, 15) is 56.4 Å². The van der Waals surface area contributed by atoms with Gasteiger partial charge in [-0.25, -0.2) is 13.9 Å². The van der Waals surface area contributed by atoms with Gasteiger partial charge in [-0.05, 0) is 113 Å². The average molecular weight is 1320 g/mol. The van der Waals surface area contributed by atoms with E-state index >= 15 is 0 Å². The Bertz CT molecular complexity index is 2980. The first kappa shape index (κ1) is 77.0. The Kier molecular flexibility index (Phi) is 30.1. The van der Waals surface area contributed by atoms with Crippen molar-refractivity contribution in [1.29, 1.82) is 0 Å². The first-order chi connectivity index (χ1) is 43.9. The third kappa shape index (κ3) is 22.8. The standard InChI is InChI=1S/C68H104N8O16S/c1-15-43(6)64(74(12)68(86)53(41(2)3)37-57(79)63(42(4)5)73(10)11)58(89-13)38-62(83)76-32-16-17-55(76)65(90-14)44(7)66(84)70-54(67(85)72-93(87,88)52-26-27-52)35-47-22-24-51(25-23-47)91-40-60(81)71-92-39-49-20-18-48(19-21-49)36-56(78)45(8)69-59(80)28-29-61(82)75-33-30-50(31-34-75)46(9)77/h18-25,41-45,50,52-55,58,63-65H,15-17,26-40H2,1-14H3,(H,69,80)(H,70,84)(H,71,81)(H,72,85)/t43-,44+,45-,53-,54-,55-,58+,63-,64-,65+/m0/s1. The summed E-state index contributed by atoms with van der Waals surface area (Å²) in [7, 11) is 4.39. The van der Waals surface area contributed by atoms with Crippen molar-refractivity contribution in [1.82, 2.24) is 40.4 Å². The van der Waals surface area contributed by atoms with Gasteiger partial charge in [0, 0.05) is 84.8 Å². The smallest absolute Gasteiger partial charge is 0.281 e. The lowest BCUT2D eigenvalue weighted by atomic mass is 9.83. The van der Waals surface area contributed by atoms with E-state index in [2.05, 4.69) is 20.8 Å². The topological polar surface area (TPSA) is 303 Å². The van der Waals surface area contributed by atoms with Crippen LogP contribution in [0.2, 0.25) is 0 Å². The molecule has 0 radical (unpaired) electrons. The maximum absolute atomic E-state index is 14.6. The van der Waals surface area contributed by atoms with Crippen LogP contribution in [0.3, 0.4) is 0 Å². The number of hydrogen-bond acceptors (Lipinski definition) is 17. The van der Waals surface area contributed by atoms with Crippen molar-refractivity contribution < 1.29 is 75.4 Å². The molecule has 518 valence electrons. The van der Waals surface area contributed by atoms with Crippen LogP contribution in [0.5, 0.6) is 5.75 Å². The molecule has 1 aliphatic carbocycles. The molecule has 5 rings (SSSR count). The number of likely N-dealkylation sites (tertiary alicyclic amines) is 2. The zero-order chi connectivity index (χ0) is 69.0. The number of ether oxygens (including phenoxy) is 3. The van der Waals surface area contributed by atoms with Crippen LogP contribution in [0.4, 0.5) is 0 Å². The highest BCUT2D eigenvalue weighted by Crippen LogP contribution is 2.32. The number of carbonyl (C=O) groups is 10. The average Bonchev–Trinajstić information content (AvgIpc) is 1.82. The summed E-state index contributed by atoms with van der Waals surface area (Å²) in [6, 6.07) is 9.69. The molecule has 3 fully saturated rings. The Morgan fingerprint density at radius 2 is 1.31 bits per heavy atom. The highest BCUT2D eigenvalue weighted by atomic mass is 32.2. The Morgan fingerprint density at radius 1 is 0.688 bits per heavy atom. The minimum atomic E-state index is -4.02. The van der Waals surface area contributed by atoms with Crippen LogP contribution in [-0.4, -0.2) is 196 Å². The molecule has 7 amide bonds. The van der Waals surface area contributed by atoms with E-state index in [1.807, 2.05) is 60.5 Å². The predicted molar refractivity (Wildman–Crippen MR) is 349 cm³/mol. The summed E-state index contributed by atoms with van der Waals surface area (Å²) in [5, 5.41) is 4.73. The van der Waals surface area contributed by atoms with E-state index in [0.717, 1.165) is 0 Å². The Labute approximate surface area is 550 Å². The number of rotatable bonds is 38. The van der Waals surface area contributed by atoms with Crippen LogP contribution >= 0.6 is 0 Å². The molecule has 2 aromatic carbocycles. The minimum absolute atomic E-state index is 0.00689. The SMILES string of the molecule is CC[C@H](C)[C@@H]([C@@H](CC(=O)N1CCC[C@H]1[C@H](OC)[C@@H](C)C(=O)N[C@@H](Cc1ccc(OCC(=O)NOCc2ccc(CC(=O)[C@H](C)NC(=O)CCC(=O)N3CCC(C(C)=O)CC3)cc2)cc1)C(=O)NS(=O)(=O)C1CC1)OC)N(C)C(=O)[C@@H](CC(=O)[C@H](C(C)C)N(C)C)C(C)C. The quantitative estimate of drug-likeness (QED) is 0.0649. The van der Waals surface area contributed by atoms with Crippen molar-refractivity contribution in [3.8, 4) is 5.75 Å². The lowest BCUT2D eigenvalue weighted by molar-refractivity contribution is -0.149. The van der Waals surface area contributed by atoms with Crippen LogP contribution in [0, 0.1) is 35.5 Å². The van der Waals surface area contributed by atoms with Gasteiger partial charge >= 0.3 is 0 Å². The first-order valence-corrected chi connectivity index (χ1v) is 34.4. The number of carbonyl (C=O) groups excluding carboxylic acids is 10. The third-order valence-electron chi connectivity index (χ3n) is 18.6. The number of sulfonamides is 1. The molecule has 0 aromatic heterocycles. The number of benzene rings is 2. The molecule has 2 aromatic rings. The normalized spacial score (nSPS) is 18.3. The van der Waals surface area contributed by atoms with E-state index in [-0.39, 0.29) is 116 Å². The molecular weight excluding hydrogens is 1220 g/mol. The van der Waals surface area contributed by atoms with Crippen molar-refractivity contribution >= 4 is 68.7 Å². The summed E-state index contributed by atoms with van der Waals surface area (Å²) >= 11 is 0. The molecule has 24 nitrogen and oxygen atoms in total. The first-order valence-electron chi connectivity index (χ1n) is 32.9. The van der Waals surface area contributed by atoms with E-state index < -0.39 is 93.7 Å². The summed E-state index contributed by atoms with van der Waals surface area (Å²) in [4.78, 5) is 146. The van der Waals surface area contributed by atoms with Crippen molar-refractivity contribution in [2.75, 3.05) is 61.6 Å². The number of Topliss-reactive ketones (excluding diaryl/α,β-unsaturated/α-hetero) is 3. The molecule has 10 atom stereocenters. The van der Waals surface area contributed by atoms with Gasteiger partial charge < -0.3 is 39.5 Å². The van der Waals surface area contributed by atoms with Gasteiger partial charge in [-0.3, -0.25) is 62.4 Å². The Morgan fingerprint density at radius 3 is 1.87 bits per heavy atom. The highest BCUT2D eigenvalue weighted by molar-refractivity contribution is 7.90. The van der Waals surface area contributed by atoms with Crippen molar-refractivity contribution in [3.63, 3.8) is 0 Å². The molecule has 0 unspecified atom stereocenters. The van der Waals surface area contributed by atoms with Gasteiger partial charge in [-0.15, -0.1) is 0 Å². The molecule has 3 aliphatic rings. The molecule has 4 N–H and O–H groups in total. The maximum atomic E-state index is 14.6. The zero-order valence-electron chi connectivity index (χ0n) is 57.2. The number of amides is 7. The number of nitrogens with one attached hydrogen (secondary N) is 4. The van der Waals surface area contributed by atoms with Crippen molar-refractivity contribution in [3.05, 3.63) is 65.2 Å². The summed E-state index contributed by atoms with van der Waals surface area (Å²) in [6.07, 6.45) is 2.10. The Hall–Kier alpha value is -6.67. The number of nitrogens with zero attached hydrogens (tertiary/aromatic N) is 4. The molecule has 25 heteroatoms. The lowest BCUT2D eigenvalue weighted by Gasteiger charge is -2.41. The zero-order valence-corrected chi connectivity index (χ0v) is 58.0. The molecular formula is C68H104N8O16S. The fourth-order valence-corrected chi connectivity index (χ4v) is 14.1. The summed E-state index contributed by atoms with van der Waals surface area (Å²) in [5.74, 6) is -4.76. The fraction of sp³-hybridized carbons (Fsp3) is 0.676. The lowest BCUT2D eigenvalue weighted by Crippen LogP contribution is -2.55. The molecule has 0 spiro atoms. The number of ketones is 3. The summed E-state index contributed by atoms with van der Waals surface area (Å²) < 4.78 is 46.1. The van der Waals surface area contributed by atoms with Crippen LogP contribution < -0.4 is 25.6 Å². The van der Waals surface area contributed by atoms with Gasteiger partial charge in [0.15, 0.2) is 18.2 Å². The Balaban J connectivity index is 1.13. The van der Waals surface area contributed by atoms with Gasteiger partial charge in [0.1, 0.15) is 17.6 Å². The van der Waals surface area contributed by atoms with Crippen LogP contribution in [0.1, 0.15) is 150 Å². The van der Waals surface area contributed by atoms with E-state index in [0.29, 0.717) is 81.3 Å². The number of hydrogen-bond donors (Lipinski definition) is 4. The molecule has 1 saturated carbocycles. The largest absolute Gasteiger partial charge is 0.484 e. The van der Waals surface area contributed by atoms with E-state index in [4.69, 9.17) is 19.0 Å².